The molecule has 1 heterocycles. The zero-order valence-corrected chi connectivity index (χ0v) is 9.08. The smallest absolute Gasteiger partial charge is 0.0824 e. The molecule has 4 nitrogen and oxygen atoms in total. The lowest BCUT2D eigenvalue weighted by atomic mass is 10.3. The van der Waals surface area contributed by atoms with Gasteiger partial charge in [-0.25, -0.2) is 0 Å². The molecule has 0 bridgehead atoms. The summed E-state index contributed by atoms with van der Waals surface area (Å²) in [6.45, 7) is 8.19. The van der Waals surface area contributed by atoms with Crippen molar-refractivity contribution < 1.29 is 9.47 Å². The first-order valence-electron chi connectivity index (χ1n) is 5.48. The van der Waals surface area contributed by atoms with Gasteiger partial charge in [-0.05, 0) is 6.42 Å². The molecular weight excluding hydrogens is 180 g/mol. The van der Waals surface area contributed by atoms with Crippen LogP contribution < -0.4 is 5.73 Å². The van der Waals surface area contributed by atoms with E-state index in [1.165, 1.54) is 0 Å². The molecule has 1 rings (SSSR count). The fraction of sp³-hybridized carbons (Fsp3) is 1.00. The van der Waals surface area contributed by atoms with E-state index in [1.54, 1.807) is 0 Å². The molecule has 1 saturated heterocycles. The Balaban J connectivity index is 2.05. The molecule has 0 aliphatic carbocycles. The lowest BCUT2D eigenvalue weighted by Crippen LogP contribution is -2.46. The Morgan fingerprint density at radius 3 is 3.07 bits per heavy atom. The lowest BCUT2D eigenvalue weighted by molar-refractivity contribution is -0.0313. The molecule has 84 valence electrons. The summed E-state index contributed by atoms with van der Waals surface area (Å²) in [4.78, 5) is 2.36. The lowest BCUT2D eigenvalue weighted by Gasteiger charge is -2.32. The molecule has 0 aromatic carbocycles. The molecule has 4 heteroatoms. The summed E-state index contributed by atoms with van der Waals surface area (Å²) in [5, 5.41) is 0. The molecule has 0 spiro atoms. The Hall–Kier alpha value is -0.160. The second kappa shape index (κ2) is 7.17. The van der Waals surface area contributed by atoms with E-state index in [1.807, 2.05) is 0 Å². The molecule has 1 atom stereocenters. The fourth-order valence-corrected chi connectivity index (χ4v) is 1.57. The van der Waals surface area contributed by atoms with Gasteiger partial charge in [0.15, 0.2) is 0 Å². The summed E-state index contributed by atoms with van der Waals surface area (Å²) in [5.41, 5.74) is 5.56. The Kier molecular flexibility index (Phi) is 6.10. The van der Waals surface area contributed by atoms with Crippen molar-refractivity contribution in [1.29, 1.82) is 0 Å². The van der Waals surface area contributed by atoms with Crippen LogP contribution in [0.25, 0.3) is 0 Å². The monoisotopic (exact) mass is 202 g/mol. The Morgan fingerprint density at radius 1 is 1.50 bits per heavy atom. The number of nitrogens with zero attached hydrogens (tertiary/aromatic N) is 1. The van der Waals surface area contributed by atoms with Crippen LogP contribution in [0.15, 0.2) is 0 Å². The van der Waals surface area contributed by atoms with Crippen LogP contribution in [0.2, 0.25) is 0 Å². The van der Waals surface area contributed by atoms with Gasteiger partial charge in [0.05, 0.1) is 19.3 Å². The number of ether oxygens (including phenoxy) is 2. The predicted molar refractivity (Wildman–Crippen MR) is 56.3 cm³/mol. The van der Waals surface area contributed by atoms with E-state index < -0.39 is 0 Å². The highest BCUT2D eigenvalue weighted by Crippen LogP contribution is 2.03. The summed E-state index contributed by atoms with van der Waals surface area (Å²) >= 11 is 0. The molecule has 0 aromatic rings. The molecule has 14 heavy (non-hydrogen) atoms. The molecule has 0 radical (unpaired) electrons. The minimum atomic E-state index is 0.218. The van der Waals surface area contributed by atoms with Crippen LogP contribution in [0.3, 0.4) is 0 Å². The largest absolute Gasteiger partial charge is 0.380 e. The Bertz CT molecular complexity index is 144. The number of hydrogen-bond donors (Lipinski definition) is 1. The predicted octanol–water partition coefficient (Wildman–Crippen LogP) is 0.0725. The molecule has 1 aliphatic rings. The standard InChI is InChI=1S/C10H22N2O2/c1-2-5-13-6-3-12-4-7-14-10(8-11)9-12/h10H,2-9,11H2,1H3. The zero-order valence-electron chi connectivity index (χ0n) is 9.08. The first-order chi connectivity index (χ1) is 6.86. The summed E-state index contributed by atoms with van der Waals surface area (Å²) in [6, 6.07) is 0. The molecule has 0 saturated carbocycles. The van der Waals surface area contributed by atoms with Crippen molar-refractivity contribution in [1.82, 2.24) is 4.90 Å². The molecule has 0 amide bonds. The van der Waals surface area contributed by atoms with E-state index in [9.17, 15) is 0 Å². The summed E-state index contributed by atoms with van der Waals surface area (Å²) in [6.07, 6.45) is 1.31. The van der Waals surface area contributed by atoms with Gasteiger partial charge in [0.1, 0.15) is 0 Å². The van der Waals surface area contributed by atoms with Gasteiger partial charge in [-0.1, -0.05) is 6.92 Å². The van der Waals surface area contributed by atoms with E-state index >= 15 is 0 Å². The second-order valence-corrected chi connectivity index (χ2v) is 3.64. The molecule has 1 aliphatic heterocycles. The van der Waals surface area contributed by atoms with Crippen molar-refractivity contribution >= 4 is 0 Å². The number of hydrogen-bond acceptors (Lipinski definition) is 4. The van der Waals surface area contributed by atoms with Gasteiger partial charge in [0.2, 0.25) is 0 Å². The van der Waals surface area contributed by atoms with Crippen LogP contribution in [0, 0.1) is 0 Å². The zero-order chi connectivity index (χ0) is 10.2. The average Bonchev–Trinajstić information content (AvgIpc) is 2.25. The van der Waals surface area contributed by atoms with Gasteiger partial charge < -0.3 is 15.2 Å². The minimum absolute atomic E-state index is 0.218. The van der Waals surface area contributed by atoms with Gasteiger partial charge >= 0.3 is 0 Å². The van der Waals surface area contributed by atoms with Crippen molar-refractivity contribution in [3.05, 3.63) is 0 Å². The average molecular weight is 202 g/mol. The highest BCUT2D eigenvalue weighted by atomic mass is 16.5. The van der Waals surface area contributed by atoms with Crippen LogP contribution in [0.5, 0.6) is 0 Å². The summed E-state index contributed by atoms with van der Waals surface area (Å²) in [7, 11) is 0. The van der Waals surface area contributed by atoms with Gasteiger partial charge in [-0.3, -0.25) is 4.90 Å². The van der Waals surface area contributed by atoms with Crippen LogP contribution in [0.4, 0.5) is 0 Å². The molecule has 0 aromatic heterocycles. The summed E-state index contributed by atoms with van der Waals surface area (Å²) in [5.74, 6) is 0. The first-order valence-corrected chi connectivity index (χ1v) is 5.48. The van der Waals surface area contributed by atoms with Crippen LogP contribution in [-0.4, -0.2) is 57.0 Å². The molecule has 1 unspecified atom stereocenters. The van der Waals surface area contributed by atoms with E-state index in [2.05, 4.69) is 11.8 Å². The molecule has 2 N–H and O–H groups in total. The maximum Gasteiger partial charge on any atom is 0.0824 e. The maximum absolute atomic E-state index is 5.56. The van der Waals surface area contributed by atoms with E-state index in [0.29, 0.717) is 6.54 Å². The highest BCUT2D eigenvalue weighted by Gasteiger charge is 2.18. The fourth-order valence-electron chi connectivity index (χ4n) is 1.57. The highest BCUT2D eigenvalue weighted by molar-refractivity contribution is 4.71. The van der Waals surface area contributed by atoms with Crippen molar-refractivity contribution in [2.24, 2.45) is 5.73 Å². The minimum Gasteiger partial charge on any atom is -0.380 e. The second-order valence-electron chi connectivity index (χ2n) is 3.64. The van der Waals surface area contributed by atoms with Crippen LogP contribution in [-0.2, 0) is 9.47 Å². The van der Waals surface area contributed by atoms with Gasteiger partial charge in [0.25, 0.3) is 0 Å². The van der Waals surface area contributed by atoms with Crippen molar-refractivity contribution in [3.63, 3.8) is 0 Å². The van der Waals surface area contributed by atoms with Gasteiger partial charge in [-0.15, -0.1) is 0 Å². The van der Waals surface area contributed by atoms with Crippen molar-refractivity contribution in [3.8, 4) is 0 Å². The quantitative estimate of drug-likeness (QED) is 0.619. The Morgan fingerprint density at radius 2 is 2.36 bits per heavy atom. The third-order valence-corrected chi connectivity index (χ3v) is 2.39. The van der Waals surface area contributed by atoms with Crippen LogP contribution >= 0.6 is 0 Å². The van der Waals surface area contributed by atoms with Gasteiger partial charge in [-0.2, -0.15) is 0 Å². The molecular formula is C10H22N2O2. The third-order valence-electron chi connectivity index (χ3n) is 2.39. The topological polar surface area (TPSA) is 47.7 Å². The molecule has 1 fully saturated rings. The normalized spacial score (nSPS) is 24.0. The number of rotatable bonds is 6. The van der Waals surface area contributed by atoms with Crippen molar-refractivity contribution in [2.75, 3.05) is 46.0 Å². The first kappa shape index (κ1) is 11.9. The van der Waals surface area contributed by atoms with E-state index in [0.717, 1.165) is 45.9 Å². The van der Waals surface area contributed by atoms with E-state index in [-0.39, 0.29) is 6.10 Å². The third kappa shape index (κ3) is 4.37. The number of nitrogens with two attached hydrogens (primary N) is 1. The van der Waals surface area contributed by atoms with Crippen molar-refractivity contribution in [2.45, 2.75) is 19.4 Å². The van der Waals surface area contributed by atoms with Crippen LogP contribution in [0.1, 0.15) is 13.3 Å². The van der Waals surface area contributed by atoms with E-state index in [4.69, 9.17) is 15.2 Å². The van der Waals surface area contributed by atoms with Gasteiger partial charge in [0, 0.05) is 32.8 Å². The summed E-state index contributed by atoms with van der Waals surface area (Å²) < 4.78 is 10.9. The SMILES string of the molecule is CCCOCCN1CCOC(CN)C1. The number of morpholine rings is 1. The Labute approximate surface area is 86.3 Å². The maximum atomic E-state index is 5.56.